The summed E-state index contributed by atoms with van der Waals surface area (Å²) in [6, 6.07) is 0. The van der Waals surface area contributed by atoms with E-state index in [1.54, 1.807) is 0 Å². The number of carboxylic acid groups (broad SMARTS) is 1. The molecule has 0 spiro atoms. The predicted octanol–water partition coefficient (Wildman–Crippen LogP) is 6.59. The lowest BCUT2D eigenvalue weighted by Crippen LogP contribution is -2.24. The molecule has 0 aliphatic rings. The van der Waals surface area contributed by atoms with Crippen LogP contribution in [0.2, 0.25) is 0 Å². The topological polar surface area (TPSA) is 93.1 Å². The third kappa shape index (κ3) is 23.6. The van der Waals surface area contributed by atoms with Gasteiger partial charge in [-0.1, -0.05) is 116 Å². The highest BCUT2D eigenvalue weighted by atomic mass is 16.5. The molecule has 0 saturated heterocycles. The molecule has 6 heteroatoms. The van der Waals surface area contributed by atoms with Crippen molar-refractivity contribution in [1.29, 1.82) is 0 Å². The zero-order chi connectivity index (χ0) is 24.6. The Kier molecular flexibility index (Phi) is 22.7. The molecule has 0 aromatic heterocycles. The van der Waals surface area contributed by atoms with Gasteiger partial charge >= 0.3 is 11.9 Å². The summed E-state index contributed by atoms with van der Waals surface area (Å²) >= 11 is 0. The normalized spacial score (nSPS) is 11.9. The molecular weight excluding hydrogens is 420 g/mol. The Morgan fingerprint density at radius 3 is 1.58 bits per heavy atom. The van der Waals surface area contributed by atoms with Crippen LogP contribution in [-0.4, -0.2) is 48.1 Å². The largest absolute Gasteiger partial charge is 0.478 e. The predicted molar refractivity (Wildman–Crippen MR) is 133 cm³/mol. The standard InChI is InChI=1S/C27H50O6/c1-3-4-5-6-7-8-9-10-11-12-13-14-15-16-17-18-19-20-26(29)33-23-25(28)22-32-21-24(2)27(30)31/h25,28H,2-23H2,1H3,(H,30,31). The van der Waals surface area contributed by atoms with Crippen molar-refractivity contribution in [1.82, 2.24) is 0 Å². The Hall–Kier alpha value is -1.40. The number of carbonyl (C=O) groups excluding carboxylic acids is 1. The number of carboxylic acids is 1. The first kappa shape index (κ1) is 31.6. The number of unbranched alkanes of at least 4 members (excludes halogenated alkanes) is 16. The molecule has 0 bridgehead atoms. The molecule has 0 fully saturated rings. The van der Waals surface area contributed by atoms with Gasteiger partial charge in [0.1, 0.15) is 12.7 Å². The maximum absolute atomic E-state index is 11.7. The average Bonchev–Trinajstić information content (AvgIpc) is 2.79. The fraction of sp³-hybridized carbons (Fsp3) is 0.852. The molecule has 1 unspecified atom stereocenters. The lowest BCUT2D eigenvalue weighted by molar-refractivity contribution is -0.147. The second-order valence-electron chi connectivity index (χ2n) is 9.17. The van der Waals surface area contributed by atoms with Crippen molar-refractivity contribution in [3.8, 4) is 0 Å². The lowest BCUT2D eigenvalue weighted by atomic mass is 10.0. The van der Waals surface area contributed by atoms with Crippen LogP contribution in [0.5, 0.6) is 0 Å². The average molecular weight is 471 g/mol. The summed E-state index contributed by atoms with van der Waals surface area (Å²) in [5.41, 5.74) is -0.0852. The van der Waals surface area contributed by atoms with Crippen LogP contribution in [0.15, 0.2) is 12.2 Å². The summed E-state index contributed by atoms with van der Waals surface area (Å²) in [6.07, 6.45) is 21.5. The lowest BCUT2D eigenvalue weighted by Gasteiger charge is -2.12. The maximum atomic E-state index is 11.7. The molecule has 33 heavy (non-hydrogen) atoms. The third-order valence-corrected chi connectivity index (χ3v) is 5.81. The Morgan fingerprint density at radius 2 is 1.15 bits per heavy atom. The number of aliphatic hydroxyl groups is 1. The molecule has 0 aromatic carbocycles. The first-order chi connectivity index (χ1) is 16.0. The van der Waals surface area contributed by atoms with Crippen molar-refractivity contribution in [2.75, 3.05) is 19.8 Å². The van der Waals surface area contributed by atoms with Crippen molar-refractivity contribution in [2.45, 2.75) is 129 Å². The zero-order valence-electron chi connectivity index (χ0n) is 21.2. The number of esters is 1. The van der Waals surface area contributed by atoms with Crippen molar-refractivity contribution < 1.29 is 29.3 Å². The number of hydrogen-bond donors (Lipinski definition) is 2. The van der Waals surface area contributed by atoms with E-state index < -0.39 is 12.1 Å². The SMILES string of the molecule is C=C(COCC(O)COC(=O)CCCCCCCCCCCCCCCCCCC)C(=O)O. The highest BCUT2D eigenvalue weighted by Crippen LogP contribution is 2.14. The van der Waals surface area contributed by atoms with E-state index in [0.29, 0.717) is 6.42 Å². The van der Waals surface area contributed by atoms with Gasteiger partial charge < -0.3 is 19.7 Å². The number of rotatable bonds is 25. The van der Waals surface area contributed by atoms with Crippen molar-refractivity contribution in [3.63, 3.8) is 0 Å². The fourth-order valence-corrected chi connectivity index (χ4v) is 3.68. The first-order valence-electron chi connectivity index (χ1n) is 13.3. The summed E-state index contributed by atoms with van der Waals surface area (Å²) in [7, 11) is 0. The van der Waals surface area contributed by atoms with Crippen LogP contribution >= 0.6 is 0 Å². The molecule has 0 rings (SSSR count). The minimum atomic E-state index is -1.13. The number of aliphatic hydroxyl groups excluding tert-OH is 1. The quantitative estimate of drug-likeness (QED) is 0.0888. The summed E-state index contributed by atoms with van der Waals surface area (Å²) in [4.78, 5) is 22.3. The first-order valence-corrected chi connectivity index (χ1v) is 13.3. The maximum Gasteiger partial charge on any atom is 0.333 e. The summed E-state index contributed by atoms with van der Waals surface area (Å²) in [5.74, 6) is -1.45. The van der Waals surface area contributed by atoms with Crippen molar-refractivity contribution in [2.24, 2.45) is 0 Å². The van der Waals surface area contributed by atoms with Gasteiger partial charge in [0, 0.05) is 6.42 Å². The Morgan fingerprint density at radius 1 is 0.727 bits per heavy atom. The Labute approximate surface area is 202 Å². The van der Waals surface area contributed by atoms with Gasteiger partial charge in [-0.2, -0.15) is 0 Å². The molecule has 0 radical (unpaired) electrons. The third-order valence-electron chi connectivity index (χ3n) is 5.81. The van der Waals surface area contributed by atoms with E-state index in [-0.39, 0.29) is 31.4 Å². The van der Waals surface area contributed by atoms with E-state index in [1.165, 1.54) is 89.9 Å². The van der Waals surface area contributed by atoms with E-state index in [9.17, 15) is 14.7 Å². The summed E-state index contributed by atoms with van der Waals surface area (Å²) < 4.78 is 10.1. The molecule has 0 amide bonds. The number of ether oxygens (including phenoxy) is 2. The van der Waals surface area contributed by atoms with Gasteiger partial charge in [0.15, 0.2) is 0 Å². The minimum Gasteiger partial charge on any atom is -0.478 e. The van der Waals surface area contributed by atoms with Gasteiger partial charge in [0.25, 0.3) is 0 Å². The van der Waals surface area contributed by atoms with Crippen molar-refractivity contribution in [3.05, 3.63) is 12.2 Å². The molecule has 0 saturated carbocycles. The van der Waals surface area contributed by atoms with E-state index >= 15 is 0 Å². The van der Waals surface area contributed by atoms with Crippen LogP contribution in [0, 0.1) is 0 Å². The van der Waals surface area contributed by atoms with Gasteiger partial charge in [-0.25, -0.2) is 4.79 Å². The molecule has 0 aliphatic heterocycles. The molecule has 1 atom stereocenters. The zero-order valence-corrected chi connectivity index (χ0v) is 21.2. The Balaban J connectivity index is 3.31. The molecular formula is C27H50O6. The van der Waals surface area contributed by atoms with E-state index in [2.05, 4.69) is 13.5 Å². The molecule has 0 heterocycles. The van der Waals surface area contributed by atoms with Gasteiger partial charge in [0.05, 0.1) is 18.8 Å². The molecule has 0 aliphatic carbocycles. The van der Waals surface area contributed by atoms with Crippen LogP contribution in [0.3, 0.4) is 0 Å². The van der Waals surface area contributed by atoms with E-state index in [0.717, 1.165) is 19.3 Å². The van der Waals surface area contributed by atoms with E-state index in [1.807, 2.05) is 0 Å². The van der Waals surface area contributed by atoms with Gasteiger partial charge in [-0.05, 0) is 6.42 Å². The molecule has 2 N–H and O–H groups in total. The van der Waals surface area contributed by atoms with Crippen molar-refractivity contribution >= 4 is 11.9 Å². The second-order valence-corrected chi connectivity index (χ2v) is 9.17. The van der Waals surface area contributed by atoms with Crippen LogP contribution in [0.25, 0.3) is 0 Å². The Bertz CT molecular complexity index is 491. The van der Waals surface area contributed by atoms with Crippen LogP contribution in [0.1, 0.15) is 122 Å². The number of aliphatic carboxylic acids is 1. The molecule has 0 aromatic rings. The minimum absolute atomic E-state index is 0.0852. The van der Waals surface area contributed by atoms with Gasteiger partial charge in [0.2, 0.25) is 0 Å². The van der Waals surface area contributed by atoms with E-state index in [4.69, 9.17) is 14.6 Å². The highest BCUT2D eigenvalue weighted by molar-refractivity contribution is 5.85. The summed E-state index contributed by atoms with van der Waals surface area (Å²) in [5, 5.41) is 18.3. The monoisotopic (exact) mass is 470 g/mol. The van der Waals surface area contributed by atoms with Gasteiger partial charge in [-0.15, -0.1) is 0 Å². The number of hydrogen-bond acceptors (Lipinski definition) is 5. The second kappa shape index (κ2) is 23.7. The van der Waals surface area contributed by atoms with Gasteiger partial charge in [-0.3, -0.25) is 4.79 Å². The van der Waals surface area contributed by atoms with Crippen LogP contribution < -0.4 is 0 Å². The highest BCUT2D eigenvalue weighted by Gasteiger charge is 2.10. The smallest absolute Gasteiger partial charge is 0.333 e. The van der Waals surface area contributed by atoms with Crippen LogP contribution in [0.4, 0.5) is 0 Å². The molecule has 194 valence electrons. The number of carbonyl (C=O) groups is 2. The fourth-order valence-electron chi connectivity index (χ4n) is 3.68. The summed E-state index contributed by atoms with van der Waals surface area (Å²) in [6.45, 7) is 5.19. The van der Waals surface area contributed by atoms with Crippen LogP contribution in [-0.2, 0) is 19.1 Å². The molecule has 6 nitrogen and oxygen atoms in total.